The number of nitrogens with one attached hydrogen (secondary N) is 1. The molecule has 2 atom stereocenters. The van der Waals surface area contributed by atoms with Gasteiger partial charge in [0.15, 0.2) is 6.61 Å². The highest BCUT2D eigenvalue weighted by atomic mass is 16.5. The van der Waals surface area contributed by atoms with E-state index in [1.54, 1.807) is 0 Å². The number of amides is 1. The molecule has 0 heterocycles. The molecule has 0 radical (unpaired) electrons. The highest BCUT2D eigenvalue weighted by Gasteiger charge is 2.22. The van der Waals surface area contributed by atoms with Gasteiger partial charge in [-0.15, -0.1) is 0 Å². The van der Waals surface area contributed by atoms with E-state index in [4.69, 9.17) is 9.47 Å². The van der Waals surface area contributed by atoms with Crippen LogP contribution in [0.1, 0.15) is 33.1 Å². The standard InChI is InChI=1S/C16H23NO3/c1-3-19-14-6-8-15(9-7-14)20-11-16(18)17-13-5-4-12(2)10-13/h6-9,12-13H,3-5,10-11H2,1-2H3,(H,17,18). The first-order valence-electron chi connectivity index (χ1n) is 7.32. The largest absolute Gasteiger partial charge is 0.494 e. The van der Waals surface area contributed by atoms with Crippen LogP contribution in [-0.4, -0.2) is 25.2 Å². The topological polar surface area (TPSA) is 47.6 Å². The predicted molar refractivity (Wildman–Crippen MR) is 78.1 cm³/mol. The van der Waals surface area contributed by atoms with Gasteiger partial charge in [-0.3, -0.25) is 4.79 Å². The summed E-state index contributed by atoms with van der Waals surface area (Å²) in [5, 5.41) is 3.02. The highest BCUT2D eigenvalue weighted by Crippen LogP contribution is 2.24. The number of ether oxygens (including phenoxy) is 2. The SMILES string of the molecule is CCOc1ccc(OCC(=O)NC2CCC(C)C2)cc1. The Hall–Kier alpha value is -1.71. The quantitative estimate of drug-likeness (QED) is 0.869. The Bertz CT molecular complexity index is 430. The molecule has 1 aliphatic carbocycles. The first-order valence-corrected chi connectivity index (χ1v) is 7.32. The third-order valence-electron chi connectivity index (χ3n) is 3.56. The van der Waals surface area contributed by atoms with Crippen molar-refractivity contribution in [3.63, 3.8) is 0 Å². The van der Waals surface area contributed by atoms with Crippen LogP contribution in [0, 0.1) is 5.92 Å². The van der Waals surface area contributed by atoms with E-state index in [1.807, 2.05) is 31.2 Å². The second-order valence-corrected chi connectivity index (χ2v) is 5.38. The summed E-state index contributed by atoms with van der Waals surface area (Å²) in [5.41, 5.74) is 0. The third-order valence-corrected chi connectivity index (χ3v) is 3.56. The minimum absolute atomic E-state index is 0.0435. The molecule has 4 heteroatoms. The molecule has 0 saturated heterocycles. The van der Waals surface area contributed by atoms with Crippen molar-refractivity contribution in [3.8, 4) is 11.5 Å². The van der Waals surface area contributed by atoms with Gasteiger partial charge in [-0.05, 0) is 56.4 Å². The van der Waals surface area contributed by atoms with E-state index in [-0.39, 0.29) is 12.5 Å². The number of hydrogen-bond acceptors (Lipinski definition) is 3. The molecule has 2 unspecified atom stereocenters. The van der Waals surface area contributed by atoms with Gasteiger partial charge in [0.25, 0.3) is 5.91 Å². The Labute approximate surface area is 120 Å². The molecule has 0 aliphatic heterocycles. The molecular weight excluding hydrogens is 254 g/mol. The summed E-state index contributed by atoms with van der Waals surface area (Å²) < 4.78 is 10.8. The molecule has 0 spiro atoms. The Morgan fingerprint density at radius 3 is 2.40 bits per heavy atom. The van der Waals surface area contributed by atoms with Crippen molar-refractivity contribution in [3.05, 3.63) is 24.3 Å². The molecule has 1 aliphatic rings. The van der Waals surface area contributed by atoms with E-state index < -0.39 is 0 Å². The number of benzene rings is 1. The van der Waals surface area contributed by atoms with Crippen molar-refractivity contribution in [2.75, 3.05) is 13.2 Å². The summed E-state index contributed by atoms with van der Waals surface area (Å²) in [6.07, 6.45) is 3.36. The van der Waals surface area contributed by atoms with Gasteiger partial charge in [0.1, 0.15) is 11.5 Å². The lowest BCUT2D eigenvalue weighted by molar-refractivity contribution is -0.123. The van der Waals surface area contributed by atoms with Crippen LogP contribution in [0.2, 0.25) is 0 Å². The molecule has 4 nitrogen and oxygen atoms in total. The van der Waals surface area contributed by atoms with E-state index in [0.717, 1.165) is 18.6 Å². The fourth-order valence-electron chi connectivity index (χ4n) is 2.56. The lowest BCUT2D eigenvalue weighted by Crippen LogP contribution is -2.36. The smallest absolute Gasteiger partial charge is 0.258 e. The minimum atomic E-state index is -0.0435. The first-order chi connectivity index (χ1) is 9.67. The van der Waals surface area contributed by atoms with Crippen molar-refractivity contribution in [2.24, 2.45) is 5.92 Å². The molecule has 1 aromatic carbocycles. The predicted octanol–water partition coefficient (Wildman–Crippen LogP) is 2.77. The fraction of sp³-hybridized carbons (Fsp3) is 0.562. The van der Waals surface area contributed by atoms with Crippen LogP contribution in [0.4, 0.5) is 0 Å². The van der Waals surface area contributed by atoms with Gasteiger partial charge in [-0.2, -0.15) is 0 Å². The number of hydrogen-bond donors (Lipinski definition) is 1. The van der Waals surface area contributed by atoms with E-state index in [2.05, 4.69) is 12.2 Å². The van der Waals surface area contributed by atoms with Crippen LogP contribution in [0.5, 0.6) is 11.5 Å². The normalized spacial score (nSPS) is 21.5. The number of rotatable bonds is 6. The van der Waals surface area contributed by atoms with Crippen LogP contribution in [-0.2, 0) is 4.79 Å². The lowest BCUT2D eigenvalue weighted by Gasteiger charge is -2.13. The molecule has 1 amide bonds. The fourth-order valence-corrected chi connectivity index (χ4v) is 2.56. The van der Waals surface area contributed by atoms with E-state index in [0.29, 0.717) is 24.3 Å². The van der Waals surface area contributed by atoms with Crippen molar-refractivity contribution < 1.29 is 14.3 Å². The maximum absolute atomic E-state index is 11.8. The summed E-state index contributed by atoms with van der Waals surface area (Å²) in [7, 11) is 0. The molecule has 110 valence electrons. The zero-order valence-electron chi connectivity index (χ0n) is 12.2. The Kier molecular flexibility index (Phi) is 5.27. The molecule has 1 saturated carbocycles. The maximum atomic E-state index is 11.8. The van der Waals surface area contributed by atoms with Crippen molar-refractivity contribution in [1.82, 2.24) is 5.32 Å². The second-order valence-electron chi connectivity index (χ2n) is 5.38. The van der Waals surface area contributed by atoms with Gasteiger partial charge in [0.05, 0.1) is 6.61 Å². The molecule has 0 bridgehead atoms. The third kappa shape index (κ3) is 4.44. The van der Waals surface area contributed by atoms with Crippen LogP contribution in [0.25, 0.3) is 0 Å². The van der Waals surface area contributed by atoms with E-state index >= 15 is 0 Å². The van der Waals surface area contributed by atoms with Gasteiger partial charge >= 0.3 is 0 Å². The summed E-state index contributed by atoms with van der Waals surface area (Å²) in [5.74, 6) is 2.16. The molecule has 20 heavy (non-hydrogen) atoms. The summed E-state index contributed by atoms with van der Waals surface area (Å²) >= 11 is 0. The van der Waals surface area contributed by atoms with Crippen LogP contribution >= 0.6 is 0 Å². The second kappa shape index (κ2) is 7.17. The van der Waals surface area contributed by atoms with Crippen molar-refractivity contribution in [2.45, 2.75) is 39.2 Å². The Morgan fingerprint density at radius 2 is 1.85 bits per heavy atom. The number of carbonyl (C=O) groups is 1. The average Bonchev–Trinajstić information content (AvgIpc) is 2.84. The minimum Gasteiger partial charge on any atom is -0.494 e. The Balaban J connectivity index is 1.72. The molecule has 0 aromatic heterocycles. The van der Waals surface area contributed by atoms with Gasteiger partial charge in [-0.1, -0.05) is 6.92 Å². The van der Waals surface area contributed by atoms with Crippen molar-refractivity contribution >= 4 is 5.91 Å². The van der Waals surface area contributed by atoms with Gasteiger partial charge in [-0.25, -0.2) is 0 Å². The summed E-state index contributed by atoms with van der Waals surface area (Å²) in [6, 6.07) is 7.64. The highest BCUT2D eigenvalue weighted by molar-refractivity contribution is 5.77. The molecule has 1 fully saturated rings. The van der Waals surface area contributed by atoms with Gasteiger partial charge in [0, 0.05) is 6.04 Å². The first kappa shape index (κ1) is 14.7. The lowest BCUT2D eigenvalue weighted by atomic mass is 10.1. The molecule has 1 N–H and O–H groups in total. The zero-order valence-corrected chi connectivity index (χ0v) is 12.2. The zero-order chi connectivity index (χ0) is 14.4. The monoisotopic (exact) mass is 277 g/mol. The van der Waals surface area contributed by atoms with Crippen LogP contribution in [0.15, 0.2) is 24.3 Å². The Morgan fingerprint density at radius 1 is 1.20 bits per heavy atom. The molecule has 1 aromatic rings. The molecule has 2 rings (SSSR count). The van der Waals surface area contributed by atoms with Gasteiger partial charge < -0.3 is 14.8 Å². The van der Waals surface area contributed by atoms with E-state index in [9.17, 15) is 4.79 Å². The van der Waals surface area contributed by atoms with E-state index in [1.165, 1.54) is 6.42 Å². The van der Waals surface area contributed by atoms with Crippen LogP contribution < -0.4 is 14.8 Å². The molecular formula is C16H23NO3. The summed E-state index contributed by atoms with van der Waals surface area (Å²) in [6.45, 7) is 4.88. The maximum Gasteiger partial charge on any atom is 0.258 e. The van der Waals surface area contributed by atoms with Gasteiger partial charge in [0.2, 0.25) is 0 Å². The summed E-state index contributed by atoms with van der Waals surface area (Å²) in [4.78, 5) is 11.8. The van der Waals surface area contributed by atoms with Crippen molar-refractivity contribution in [1.29, 1.82) is 0 Å². The average molecular weight is 277 g/mol. The number of carbonyl (C=O) groups excluding carboxylic acids is 1. The van der Waals surface area contributed by atoms with Crippen LogP contribution in [0.3, 0.4) is 0 Å².